The average Bonchev–Trinajstić information content (AvgIpc) is 3.58. The largest absolute Gasteiger partial charge is 0.494 e. The van der Waals surface area contributed by atoms with Crippen LogP contribution in [0.15, 0.2) is 36.4 Å². The fraction of sp³-hybridized carbons (Fsp3) is 0.423. The first-order chi connectivity index (χ1) is 16.1. The summed E-state index contributed by atoms with van der Waals surface area (Å²) in [4.78, 5) is 17.3. The van der Waals surface area contributed by atoms with E-state index in [1.54, 1.807) is 7.11 Å². The van der Waals surface area contributed by atoms with Crippen molar-refractivity contribution >= 4 is 33.9 Å². The normalized spacial score (nSPS) is 21.2. The van der Waals surface area contributed by atoms with Crippen molar-refractivity contribution in [3.05, 3.63) is 47.7 Å². The number of nitrogens with one attached hydrogen (secondary N) is 2. The summed E-state index contributed by atoms with van der Waals surface area (Å²) in [5, 5.41) is 8.57. The molecule has 33 heavy (non-hydrogen) atoms. The Labute approximate surface area is 194 Å². The van der Waals surface area contributed by atoms with E-state index in [1.165, 1.54) is 22.3 Å². The Kier molecular flexibility index (Phi) is 4.67. The highest BCUT2D eigenvalue weighted by Gasteiger charge is 2.36. The van der Waals surface area contributed by atoms with E-state index < -0.39 is 0 Å². The number of rotatable bonds is 4. The minimum atomic E-state index is -0.0431. The van der Waals surface area contributed by atoms with Gasteiger partial charge in [0.05, 0.1) is 35.7 Å². The van der Waals surface area contributed by atoms with Crippen LogP contribution in [0.4, 0.5) is 17.1 Å². The zero-order chi connectivity index (χ0) is 22.7. The van der Waals surface area contributed by atoms with Crippen LogP contribution in [0.3, 0.4) is 0 Å². The second-order valence-corrected chi connectivity index (χ2v) is 9.36. The molecule has 1 aromatic heterocycles. The molecule has 7 heteroatoms. The number of aromatic nitrogens is 1. The summed E-state index contributed by atoms with van der Waals surface area (Å²) in [7, 11) is 3.78. The van der Waals surface area contributed by atoms with Crippen molar-refractivity contribution < 1.29 is 9.53 Å². The van der Waals surface area contributed by atoms with Gasteiger partial charge in [0, 0.05) is 37.6 Å². The lowest BCUT2D eigenvalue weighted by Crippen LogP contribution is -2.30. The summed E-state index contributed by atoms with van der Waals surface area (Å²) in [5.74, 6) is 0.823. The maximum Gasteiger partial charge on any atom is 0.254 e. The minimum absolute atomic E-state index is 0.0431. The number of ether oxygens (including phenoxy) is 1. The molecular formula is C26H31N5O2. The topological polar surface area (TPSA) is 61.8 Å². The van der Waals surface area contributed by atoms with Crippen molar-refractivity contribution in [1.82, 2.24) is 9.47 Å². The molecule has 1 fully saturated rings. The quantitative estimate of drug-likeness (QED) is 0.603. The van der Waals surface area contributed by atoms with E-state index >= 15 is 0 Å². The van der Waals surface area contributed by atoms with Gasteiger partial charge in [-0.2, -0.15) is 0 Å². The summed E-state index contributed by atoms with van der Waals surface area (Å²) in [6, 6.07) is 13.1. The number of benzene rings is 2. The Morgan fingerprint density at radius 2 is 1.97 bits per heavy atom. The standard InChI is InChI=1S/C26H31N5O2/c1-4-18-15-27-19-9-7-8-16-13-21(31(18)23(16)19)25-28-20-12-17(26(32)30-10-5-6-11-30)14-22(33-3)24(20)29(25)2/h7-9,12-14,18,25,27-28H,4-6,10-11,15H2,1-3H3. The monoisotopic (exact) mass is 445 g/mol. The first-order valence-corrected chi connectivity index (χ1v) is 12.0. The first-order valence-electron chi connectivity index (χ1n) is 12.0. The number of likely N-dealkylation sites (tertiary alicyclic amines) is 1. The number of carbonyl (C=O) groups is 1. The predicted octanol–water partition coefficient (Wildman–Crippen LogP) is 4.82. The maximum atomic E-state index is 13.1. The molecule has 2 atom stereocenters. The fourth-order valence-electron chi connectivity index (χ4n) is 5.81. The van der Waals surface area contributed by atoms with Crippen molar-refractivity contribution in [1.29, 1.82) is 0 Å². The van der Waals surface area contributed by atoms with E-state index in [0.717, 1.165) is 56.0 Å². The number of nitrogens with zero attached hydrogens (tertiary/aromatic N) is 3. The molecule has 172 valence electrons. The molecule has 0 bridgehead atoms. The van der Waals surface area contributed by atoms with Gasteiger partial charge in [-0.25, -0.2) is 0 Å². The Morgan fingerprint density at radius 1 is 1.15 bits per heavy atom. The van der Waals surface area contributed by atoms with Gasteiger partial charge in [-0.3, -0.25) is 4.79 Å². The van der Waals surface area contributed by atoms with Crippen molar-refractivity contribution in [3.8, 4) is 5.75 Å². The number of amides is 1. The van der Waals surface area contributed by atoms with Gasteiger partial charge in [0.2, 0.25) is 0 Å². The third kappa shape index (κ3) is 2.98. The highest BCUT2D eigenvalue weighted by atomic mass is 16.5. The molecule has 0 saturated carbocycles. The molecule has 1 amide bonds. The number of anilines is 3. The summed E-state index contributed by atoms with van der Waals surface area (Å²) in [6.45, 7) is 4.84. The summed E-state index contributed by atoms with van der Waals surface area (Å²) in [6.07, 6.45) is 3.17. The van der Waals surface area contributed by atoms with Gasteiger partial charge in [0.25, 0.3) is 5.91 Å². The number of hydrogen-bond donors (Lipinski definition) is 2. The highest BCUT2D eigenvalue weighted by molar-refractivity contribution is 5.99. The number of para-hydroxylation sites is 1. The molecule has 1 saturated heterocycles. The number of methoxy groups -OCH3 is 1. The van der Waals surface area contributed by atoms with Crippen LogP contribution in [0, 0.1) is 0 Å². The Bertz CT molecular complexity index is 1240. The van der Waals surface area contributed by atoms with Gasteiger partial charge in [0.15, 0.2) is 0 Å². The molecule has 6 rings (SSSR count). The summed E-state index contributed by atoms with van der Waals surface area (Å²) >= 11 is 0. The van der Waals surface area contributed by atoms with Crippen LogP contribution in [-0.4, -0.2) is 49.2 Å². The van der Waals surface area contributed by atoms with Crippen molar-refractivity contribution in [2.75, 3.05) is 49.3 Å². The Balaban J connectivity index is 1.44. The lowest BCUT2D eigenvalue weighted by molar-refractivity contribution is 0.0792. The van der Waals surface area contributed by atoms with Crippen LogP contribution in [0.5, 0.6) is 5.75 Å². The Morgan fingerprint density at radius 3 is 2.73 bits per heavy atom. The lowest BCUT2D eigenvalue weighted by Gasteiger charge is -2.31. The predicted molar refractivity (Wildman–Crippen MR) is 133 cm³/mol. The second-order valence-electron chi connectivity index (χ2n) is 9.36. The minimum Gasteiger partial charge on any atom is -0.494 e. The van der Waals surface area contributed by atoms with Crippen LogP contribution in [0.2, 0.25) is 0 Å². The lowest BCUT2D eigenvalue weighted by atomic mass is 10.1. The smallest absolute Gasteiger partial charge is 0.254 e. The molecule has 2 N–H and O–H groups in total. The third-order valence-electron chi connectivity index (χ3n) is 7.50. The van der Waals surface area contributed by atoms with Crippen LogP contribution >= 0.6 is 0 Å². The number of fused-ring (bicyclic) bond motifs is 1. The molecule has 3 aliphatic rings. The van der Waals surface area contributed by atoms with Gasteiger partial charge >= 0.3 is 0 Å². The summed E-state index contributed by atoms with van der Waals surface area (Å²) in [5.41, 5.74) is 6.34. The average molecular weight is 446 g/mol. The van der Waals surface area contributed by atoms with Crippen molar-refractivity contribution in [3.63, 3.8) is 0 Å². The zero-order valence-corrected chi connectivity index (χ0v) is 19.5. The molecule has 0 aliphatic carbocycles. The maximum absolute atomic E-state index is 13.1. The second kappa shape index (κ2) is 7.61. The molecule has 0 radical (unpaired) electrons. The first kappa shape index (κ1) is 20.3. The van der Waals surface area contributed by atoms with Crippen LogP contribution in [-0.2, 0) is 0 Å². The molecule has 2 aromatic carbocycles. The zero-order valence-electron chi connectivity index (χ0n) is 19.5. The van der Waals surface area contributed by atoms with Crippen LogP contribution in [0.1, 0.15) is 54.4 Å². The van der Waals surface area contributed by atoms with Gasteiger partial charge < -0.3 is 29.7 Å². The van der Waals surface area contributed by atoms with Crippen molar-refractivity contribution in [2.45, 2.75) is 38.4 Å². The SMILES string of the molecule is CCC1CNc2cccc3cc(C4Nc5cc(C(=O)N6CCCC6)cc(OC)c5N4C)n1c23. The van der Waals surface area contributed by atoms with E-state index in [4.69, 9.17) is 4.74 Å². The summed E-state index contributed by atoms with van der Waals surface area (Å²) < 4.78 is 8.29. The van der Waals surface area contributed by atoms with E-state index in [1.807, 2.05) is 17.0 Å². The molecule has 3 aromatic rings. The molecule has 7 nitrogen and oxygen atoms in total. The van der Waals surface area contributed by atoms with E-state index in [-0.39, 0.29) is 12.1 Å². The van der Waals surface area contributed by atoms with Gasteiger partial charge in [-0.15, -0.1) is 0 Å². The third-order valence-corrected chi connectivity index (χ3v) is 7.50. The molecule has 3 aliphatic heterocycles. The van der Waals surface area contributed by atoms with E-state index in [2.05, 4.69) is 58.3 Å². The Hall–Kier alpha value is -3.35. The molecule has 2 unspecified atom stereocenters. The molecule has 4 heterocycles. The van der Waals surface area contributed by atoms with Gasteiger partial charge in [-0.1, -0.05) is 19.1 Å². The number of hydrogen-bond acceptors (Lipinski definition) is 5. The number of carbonyl (C=O) groups excluding carboxylic acids is 1. The van der Waals surface area contributed by atoms with Crippen LogP contribution < -0.4 is 20.3 Å². The fourth-order valence-corrected chi connectivity index (χ4v) is 5.81. The van der Waals surface area contributed by atoms with E-state index in [0.29, 0.717) is 11.6 Å². The van der Waals surface area contributed by atoms with E-state index in [9.17, 15) is 4.79 Å². The molecular weight excluding hydrogens is 414 g/mol. The van der Waals surface area contributed by atoms with Gasteiger partial charge in [0.1, 0.15) is 17.6 Å². The van der Waals surface area contributed by atoms with Gasteiger partial charge in [-0.05, 0) is 43.5 Å². The van der Waals surface area contributed by atoms with Crippen molar-refractivity contribution in [2.24, 2.45) is 0 Å². The molecule has 0 spiro atoms. The highest BCUT2D eigenvalue weighted by Crippen LogP contribution is 2.49. The van der Waals surface area contributed by atoms with Crippen LogP contribution in [0.25, 0.3) is 10.9 Å².